The normalized spacial score (nSPS) is 11.8. The Morgan fingerprint density at radius 2 is 1.85 bits per heavy atom. The highest BCUT2D eigenvalue weighted by atomic mass is 79.9. The number of rotatable bonds is 1. The van der Waals surface area contributed by atoms with Crippen molar-refractivity contribution in [2.24, 2.45) is 0 Å². The Bertz CT molecular complexity index is 309. The number of hydrogen-bond acceptors (Lipinski definition) is 0. The monoisotopic (exact) mass is 272 g/mol. The van der Waals surface area contributed by atoms with Gasteiger partial charge in [0.15, 0.2) is 0 Å². The highest BCUT2D eigenvalue weighted by Crippen LogP contribution is 2.32. The van der Waals surface area contributed by atoms with Crippen LogP contribution in [0.25, 0.3) is 0 Å². The lowest BCUT2D eigenvalue weighted by molar-refractivity contribution is -0.137. The molecule has 0 saturated heterocycles. The van der Waals surface area contributed by atoms with Gasteiger partial charge >= 0.3 is 6.18 Å². The molecule has 72 valence electrons. The Morgan fingerprint density at radius 3 is 2.31 bits per heavy atom. The first-order valence-electron chi connectivity index (χ1n) is 3.36. The molecule has 0 atom stereocenters. The number of alkyl halides is 4. The molecule has 0 spiro atoms. The van der Waals surface area contributed by atoms with Crippen LogP contribution in [0.2, 0.25) is 0 Å². The second kappa shape index (κ2) is 3.88. The highest BCUT2D eigenvalue weighted by molar-refractivity contribution is 9.10. The lowest BCUT2D eigenvalue weighted by Gasteiger charge is -2.08. The number of benzene rings is 1. The maximum atomic E-state index is 12.2. The quantitative estimate of drug-likeness (QED) is 0.673. The van der Waals surface area contributed by atoms with Gasteiger partial charge in [0.25, 0.3) is 0 Å². The average molecular weight is 273 g/mol. The summed E-state index contributed by atoms with van der Waals surface area (Å²) in [7, 11) is 0. The molecule has 0 N–H and O–H groups in total. The van der Waals surface area contributed by atoms with Crippen molar-refractivity contribution in [3.63, 3.8) is 0 Å². The van der Waals surface area contributed by atoms with Crippen molar-refractivity contribution in [3.8, 4) is 0 Å². The predicted molar refractivity (Wildman–Crippen MR) is 48.7 cm³/mol. The summed E-state index contributed by atoms with van der Waals surface area (Å²) in [5.41, 5.74) is -0.235. The van der Waals surface area contributed by atoms with Gasteiger partial charge in [0.1, 0.15) is 0 Å². The summed E-state index contributed by atoms with van der Waals surface area (Å²) in [6.07, 6.45) is -4.31. The largest absolute Gasteiger partial charge is 0.416 e. The van der Waals surface area contributed by atoms with E-state index < -0.39 is 11.7 Å². The summed E-state index contributed by atoms with van der Waals surface area (Å²) in [6.45, 7) is 0. The summed E-state index contributed by atoms with van der Waals surface area (Å²) in [6, 6.07) is 3.62. The average Bonchev–Trinajstić information content (AvgIpc) is 2.01. The van der Waals surface area contributed by atoms with Crippen LogP contribution in [0.15, 0.2) is 22.7 Å². The molecular formula is C8H5BrClF3. The van der Waals surface area contributed by atoms with Gasteiger partial charge in [0.05, 0.1) is 5.56 Å². The molecule has 0 amide bonds. The Morgan fingerprint density at radius 1 is 1.23 bits per heavy atom. The molecule has 0 heterocycles. The molecule has 0 radical (unpaired) electrons. The molecule has 5 heteroatoms. The molecular weight excluding hydrogens is 268 g/mol. The molecule has 1 aromatic carbocycles. The van der Waals surface area contributed by atoms with Gasteiger partial charge < -0.3 is 0 Å². The second-order valence-corrected chi connectivity index (χ2v) is 3.66. The van der Waals surface area contributed by atoms with Crippen molar-refractivity contribution in [2.75, 3.05) is 0 Å². The van der Waals surface area contributed by atoms with Gasteiger partial charge in [-0.05, 0) is 23.8 Å². The fraction of sp³-hybridized carbons (Fsp3) is 0.250. The minimum atomic E-state index is -4.31. The SMILES string of the molecule is FC(F)(F)c1cc(Br)cc(CCl)c1. The standard InChI is InChI=1S/C8H5BrClF3/c9-7-2-5(4-10)1-6(3-7)8(11,12)13/h1-3H,4H2. The van der Waals surface area contributed by atoms with E-state index in [0.29, 0.717) is 10.0 Å². The van der Waals surface area contributed by atoms with Crippen molar-refractivity contribution >= 4 is 27.5 Å². The Hall–Kier alpha value is -0.220. The van der Waals surface area contributed by atoms with Crippen LogP contribution in [0.5, 0.6) is 0 Å². The van der Waals surface area contributed by atoms with E-state index in [1.807, 2.05) is 0 Å². The fourth-order valence-corrected chi connectivity index (χ4v) is 1.59. The number of hydrogen-bond donors (Lipinski definition) is 0. The van der Waals surface area contributed by atoms with Crippen LogP contribution in [0.4, 0.5) is 13.2 Å². The maximum Gasteiger partial charge on any atom is 0.416 e. The molecule has 0 nitrogen and oxygen atoms in total. The molecule has 0 fully saturated rings. The summed E-state index contributed by atoms with van der Waals surface area (Å²) in [4.78, 5) is 0. The van der Waals surface area contributed by atoms with E-state index >= 15 is 0 Å². The number of halogens is 5. The van der Waals surface area contributed by atoms with E-state index in [1.165, 1.54) is 0 Å². The van der Waals surface area contributed by atoms with E-state index in [1.54, 1.807) is 6.07 Å². The zero-order valence-corrected chi connectivity index (χ0v) is 8.67. The predicted octanol–water partition coefficient (Wildman–Crippen LogP) is 4.21. The van der Waals surface area contributed by atoms with Crippen LogP contribution in [0.1, 0.15) is 11.1 Å². The fourth-order valence-electron chi connectivity index (χ4n) is 0.891. The van der Waals surface area contributed by atoms with Gasteiger partial charge in [-0.1, -0.05) is 15.9 Å². The molecule has 0 saturated carbocycles. The summed E-state index contributed by atoms with van der Waals surface area (Å²) in [5.74, 6) is 0.0719. The summed E-state index contributed by atoms with van der Waals surface area (Å²) >= 11 is 8.42. The Kier molecular flexibility index (Phi) is 3.24. The van der Waals surface area contributed by atoms with Crippen molar-refractivity contribution < 1.29 is 13.2 Å². The van der Waals surface area contributed by atoms with Gasteiger partial charge in [-0.2, -0.15) is 13.2 Å². The topological polar surface area (TPSA) is 0 Å². The molecule has 0 aromatic heterocycles. The minimum Gasteiger partial charge on any atom is -0.166 e. The third-order valence-corrected chi connectivity index (χ3v) is 2.21. The van der Waals surface area contributed by atoms with Crippen LogP contribution >= 0.6 is 27.5 Å². The lowest BCUT2D eigenvalue weighted by Crippen LogP contribution is -2.05. The van der Waals surface area contributed by atoms with Crippen LogP contribution in [-0.4, -0.2) is 0 Å². The van der Waals surface area contributed by atoms with Crippen molar-refractivity contribution in [1.82, 2.24) is 0 Å². The van der Waals surface area contributed by atoms with Gasteiger partial charge in [0.2, 0.25) is 0 Å². The van der Waals surface area contributed by atoms with E-state index in [0.717, 1.165) is 12.1 Å². The molecule has 0 unspecified atom stereocenters. The highest BCUT2D eigenvalue weighted by Gasteiger charge is 2.30. The van der Waals surface area contributed by atoms with Crippen molar-refractivity contribution in [3.05, 3.63) is 33.8 Å². The molecule has 0 aliphatic heterocycles. The first-order valence-corrected chi connectivity index (χ1v) is 4.69. The van der Waals surface area contributed by atoms with Crippen molar-refractivity contribution in [2.45, 2.75) is 12.1 Å². The van der Waals surface area contributed by atoms with E-state index in [9.17, 15) is 13.2 Å². The van der Waals surface area contributed by atoms with Crippen LogP contribution in [0.3, 0.4) is 0 Å². The molecule has 0 bridgehead atoms. The smallest absolute Gasteiger partial charge is 0.166 e. The zero-order chi connectivity index (χ0) is 10.1. The third kappa shape index (κ3) is 2.88. The Balaban J connectivity index is 3.16. The summed E-state index contributed by atoms with van der Waals surface area (Å²) < 4.78 is 37.0. The van der Waals surface area contributed by atoms with Crippen LogP contribution in [-0.2, 0) is 12.1 Å². The van der Waals surface area contributed by atoms with Gasteiger partial charge in [-0.25, -0.2) is 0 Å². The molecule has 0 aliphatic rings. The minimum absolute atomic E-state index is 0.0719. The van der Waals surface area contributed by atoms with E-state index in [2.05, 4.69) is 15.9 Å². The van der Waals surface area contributed by atoms with Gasteiger partial charge in [-0.3, -0.25) is 0 Å². The second-order valence-electron chi connectivity index (χ2n) is 2.48. The van der Waals surface area contributed by atoms with E-state index in [-0.39, 0.29) is 5.88 Å². The van der Waals surface area contributed by atoms with Gasteiger partial charge in [0, 0.05) is 10.4 Å². The molecule has 0 aliphatic carbocycles. The zero-order valence-electron chi connectivity index (χ0n) is 6.33. The van der Waals surface area contributed by atoms with Gasteiger partial charge in [-0.15, -0.1) is 11.6 Å². The first kappa shape index (κ1) is 10.9. The third-order valence-electron chi connectivity index (χ3n) is 1.44. The van der Waals surface area contributed by atoms with Crippen LogP contribution < -0.4 is 0 Å². The first-order chi connectivity index (χ1) is 5.93. The Labute approximate surface area is 86.8 Å². The summed E-state index contributed by atoms with van der Waals surface area (Å²) in [5, 5.41) is 0. The van der Waals surface area contributed by atoms with E-state index in [4.69, 9.17) is 11.6 Å². The maximum absolute atomic E-state index is 12.2. The van der Waals surface area contributed by atoms with Crippen molar-refractivity contribution in [1.29, 1.82) is 0 Å². The molecule has 1 aromatic rings. The molecule has 1 rings (SSSR count). The van der Waals surface area contributed by atoms with Crippen LogP contribution in [0, 0.1) is 0 Å². The molecule has 13 heavy (non-hydrogen) atoms. The lowest BCUT2D eigenvalue weighted by atomic mass is 10.1.